The Labute approximate surface area is 82.0 Å². The molecule has 0 aliphatic heterocycles. The van der Waals surface area contributed by atoms with Crippen LogP contribution >= 0.6 is 0 Å². The molecule has 0 unspecified atom stereocenters. The van der Waals surface area contributed by atoms with E-state index in [9.17, 15) is 8.42 Å². The van der Waals surface area contributed by atoms with Crippen molar-refractivity contribution in [2.45, 2.75) is 13.8 Å². The number of nitrogens with one attached hydrogen (secondary N) is 1. The van der Waals surface area contributed by atoms with Crippen molar-refractivity contribution < 1.29 is 18.0 Å². The van der Waals surface area contributed by atoms with Gasteiger partial charge in [0.05, 0.1) is 18.1 Å². The van der Waals surface area contributed by atoms with E-state index >= 15 is 0 Å². The van der Waals surface area contributed by atoms with Crippen LogP contribution in [-0.2, 0) is 10.0 Å². The molecule has 0 atom stereocenters. The molecule has 0 aromatic carbocycles. The zero-order valence-corrected chi connectivity index (χ0v) is 8.76. The van der Waals surface area contributed by atoms with Gasteiger partial charge in [0, 0.05) is 5.56 Å². The van der Waals surface area contributed by atoms with Crippen LogP contribution in [0.25, 0.3) is 0 Å². The molecule has 0 bridgehead atoms. The van der Waals surface area contributed by atoms with Crippen molar-refractivity contribution in [1.29, 1.82) is 0 Å². The Morgan fingerprint density at radius 1 is 1.50 bits per heavy atom. The van der Waals surface area contributed by atoms with Crippen LogP contribution in [0.4, 0.5) is 5.88 Å². The summed E-state index contributed by atoms with van der Waals surface area (Å²) in [5.41, 5.74) is 1.28. The fourth-order valence-electron chi connectivity index (χ4n) is 0.823. The lowest BCUT2D eigenvalue weighted by Gasteiger charge is -2.02. The van der Waals surface area contributed by atoms with Gasteiger partial charge in [0.15, 0.2) is 0 Å². The van der Waals surface area contributed by atoms with Crippen molar-refractivity contribution >= 4 is 15.9 Å². The summed E-state index contributed by atoms with van der Waals surface area (Å²) in [6.45, 7) is 2.98. The molecule has 0 aliphatic carbocycles. The van der Waals surface area contributed by atoms with Gasteiger partial charge < -0.3 is 9.63 Å². The molecule has 1 aromatic rings. The first kappa shape index (κ1) is 11.0. The molecule has 1 rings (SSSR count). The van der Waals surface area contributed by atoms with E-state index in [0.29, 0.717) is 11.3 Å². The van der Waals surface area contributed by atoms with Gasteiger partial charge in [-0.15, -0.1) is 0 Å². The third-order valence-electron chi connectivity index (χ3n) is 1.77. The van der Waals surface area contributed by atoms with E-state index in [1.165, 1.54) is 0 Å². The molecular weight excluding hydrogens is 208 g/mol. The lowest BCUT2D eigenvalue weighted by atomic mass is 10.3. The van der Waals surface area contributed by atoms with Gasteiger partial charge in [0.2, 0.25) is 15.9 Å². The standard InChI is InChI=1S/C7H12N2O4S/c1-5-6(2)8-13-7(5)9-14(11,12)4-3-10/h9-10H,3-4H2,1-2H3. The topological polar surface area (TPSA) is 92.4 Å². The largest absolute Gasteiger partial charge is 0.395 e. The number of rotatable bonds is 4. The molecule has 0 radical (unpaired) electrons. The predicted molar refractivity (Wildman–Crippen MR) is 50.5 cm³/mol. The summed E-state index contributed by atoms with van der Waals surface area (Å²) < 4.78 is 29.4. The average molecular weight is 220 g/mol. The maximum absolute atomic E-state index is 11.2. The van der Waals surface area contributed by atoms with Gasteiger partial charge in [-0.3, -0.25) is 4.72 Å². The molecule has 14 heavy (non-hydrogen) atoms. The van der Waals surface area contributed by atoms with Crippen LogP contribution in [0.2, 0.25) is 0 Å². The second-order valence-electron chi connectivity index (χ2n) is 2.87. The fourth-order valence-corrected chi connectivity index (χ4v) is 1.64. The van der Waals surface area contributed by atoms with Gasteiger partial charge in [-0.1, -0.05) is 5.16 Å². The highest BCUT2D eigenvalue weighted by molar-refractivity contribution is 7.92. The molecule has 0 fully saturated rings. The number of aliphatic hydroxyl groups excluding tert-OH is 1. The first-order valence-corrected chi connectivity index (χ1v) is 5.65. The summed E-state index contributed by atoms with van der Waals surface area (Å²) >= 11 is 0. The zero-order valence-electron chi connectivity index (χ0n) is 7.94. The molecule has 1 aromatic heterocycles. The van der Waals surface area contributed by atoms with Crippen molar-refractivity contribution in [3.63, 3.8) is 0 Å². The minimum Gasteiger partial charge on any atom is -0.395 e. The Kier molecular flexibility index (Phi) is 3.12. The number of hydrogen-bond donors (Lipinski definition) is 2. The van der Waals surface area contributed by atoms with Gasteiger partial charge in [-0.05, 0) is 13.8 Å². The molecule has 0 spiro atoms. The molecule has 0 amide bonds. The summed E-state index contributed by atoms with van der Waals surface area (Å²) in [7, 11) is -3.53. The number of sulfonamides is 1. The van der Waals surface area contributed by atoms with E-state index in [-0.39, 0.29) is 11.6 Å². The third kappa shape index (κ3) is 2.46. The van der Waals surface area contributed by atoms with E-state index < -0.39 is 16.6 Å². The Morgan fingerprint density at radius 3 is 2.57 bits per heavy atom. The number of aromatic nitrogens is 1. The number of hydrogen-bond acceptors (Lipinski definition) is 5. The molecule has 0 saturated carbocycles. The second kappa shape index (κ2) is 3.97. The van der Waals surface area contributed by atoms with Gasteiger partial charge in [0.25, 0.3) is 0 Å². The molecule has 80 valence electrons. The van der Waals surface area contributed by atoms with Crippen molar-refractivity contribution in [2.75, 3.05) is 17.1 Å². The van der Waals surface area contributed by atoms with Crippen LogP contribution in [0.3, 0.4) is 0 Å². The summed E-state index contributed by atoms with van der Waals surface area (Å²) in [6, 6.07) is 0. The quantitative estimate of drug-likeness (QED) is 0.746. The van der Waals surface area contributed by atoms with Crippen molar-refractivity contribution in [2.24, 2.45) is 0 Å². The van der Waals surface area contributed by atoms with E-state index in [1.54, 1.807) is 13.8 Å². The predicted octanol–water partition coefficient (Wildman–Crippen LogP) is 0.0254. The first-order chi connectivity index (χ1) is 6.46. The van der Waals surface area contributed by atoms with Crippen LogP contribution in [-0.4, -0.2) is 31.0 Å². The van der Waals surface area contributed by atoms with Crippen LogP contribution in [0, 0.1) is 13.8 Å². The number of aliphatic hydroxyl groups is 1. The van der Waals surface area contributed by atoms with Crippen LogP contribution in [0.1, 0.15) is 11.3 Å². The highest BCUT2D eigenvalue weighted by atomic mass is 32.2. The van der Waals surface area contributed by atoms with E-state index in [1.807, 2.05) is 0 Å². The second-order valence-corrected chi connectivity index (χ2v) is 4.71. The minimum absolute atomic E-state index is 0.107. The van der Waals surface area contributed by atoms with Gasteiger partial charge >= 0.3 is 0 Å². The highest BCUT2D eigenvalue weighted by Gasteiger charge is 2.15. The number of anilines is 1. The minimum atomic E-state index is -3.53. The Balaban J connectivity index is 2.84. The monoisotopic (exact) mass is 220 g/mol. The summed E-state index contributed by atoms with van der Waals surface area (Å²) in [4.78, 5) is 0. The van der Waals surface area contributed by atoms with Crippen molar-refractivity contribution in [1.82, 2.24) is 5.16 Å². The average Bonchev–Trinajstić information content (AvgIpc) is 2.35. The van der Waals surface area contributed by atoms with Crippen LogP contribution in [0.15, 0.2) is 4.52 Å². The van der Waals surface area contributed by atoms with Crippen LogP contribution < -0.4 is 4.72 Å². The molecule has 6 nitrogen and oxygen atoms in total. The van der Waals surface area contributed by atoms with Gasteiger partial charge in [-0.2, -0.15) is 0 Å². The number of nitrogens with zero attached hydrogens (tertiary/aromatic N) is 1. The SMILES string of the molecule is Cc1noc(NS(=O)(=O)CCO)c1C. The number of aryl methyl sites for hydroxylation is 1. The van der Waals surface area contributed by atoms with E-state index in [2.05, 4.69) is 9.88 Å². The van der Waals surface area contributed by atoms with E-state index in [0.717, 1.165) is 0 Å². The molecule has 0 aliphatic rings. The normalized spacial score (nSPS) is 11.6. The summed E-state index contributed by atoms with van der Waals surface area (Å²) in [5.74, 6) is -0.248. The van der Waals surface area contributed by atoms with Crippen molar-refractivity contribution in [3.05, 3.63) is 11.3 Å². The lowest BCUT2D eigenvalue weighted by molar-refractivity contribution is 0.319. The fraction of sp³-hybridized carbons (Fsp3) is 0.571. The zero-order chi connectivity index (χ0) is 10.8. The first-order valence-electron chi connectivity index (χ1n) is 4.00. The summed E-state index contributed by atoms with van der Waals surface area (Å²) in [6.07, 6.45) is 0. The molecule has 2 N–H and O–H groups in total. The Hall–Kier alpha value is -1.08. The smallest absolute Gasteiger partial charge is 0.241 e. The Bertz CT molecular complexity index is 409. The third-order valence-corrected chi connectivity index (χ3v) is 2.98. The summed E-state index contributed by atoms with van der Waals surface area (Å²) in [5, 5.41) is 12.1. The van der Waals surface area contributed by atoms with Crippen LogP contribution in [0.5, 0.6) is 0 Å². The molecule has 1 heterocycles. The Morgan fingerprint density at radius 2 is 2.14 bits per heavy atom. The maximum atomic E-state index is 11.2. The molecular formula is C7H12N2O4S. The maximum Gasteiger partial charge on any atom is 0.241 e. The highest BCUT2D eigenvalue weighted by Crippen LogP contribution is 2.18. The van der Waals surface area contributed by atoms with Gasteiger partial charge in [-0.25, -0.2) is 8.42 Å². The molecule has 0 saturated heterocycles. The molecule has 7 heteroatoms. The lowest BCUT2D eigenvalue weighted by Crippen LogP contribution is -2.18. The van der Waals surface area contributed by atoms with Gasteiger partial charge in [0.1, 0.15) is 0 Å². The van der Waals surface area contributed by atoms with Crippen molar-refractivity contribution in [3.8, 4) is 0 Å². The van der Waals surface area contributed by atoms with E-state index in [4.69, 9.17) is 9.63 Å².